The molecular formula is C12H25ClN2O. The van der Waals surface area contributed by atoms with Gasteiger partial charge in [0.25, 0.3) is 0 Å². The number of carbonyl (C=O) groups excluding carboxylic acids is 1. The molecule has 0 aromatic carbocycles. The number of nitrogens with one attached hydrogen (secondary N) is 1. The van der Waals surface area contributed by atoms with Gasteiger partial charge in [0.1, 0.15) is 0 Å². The molecule has 0 bridgehead atoms. The van der Waals surface area contributed by atoms with Gasteiger partial charge in [-0.15, -0.1) is 12.4 Å². The minimum absolute atomic E-state index is 0. The van der Waals surface area contributed by atoms with Crippen molar-refractivity contribution in [2.45, 2.75) is 39.5 Å². The van der Waals surface area contributed by atoms with E-state index in [-0.39, 0.29) is 12.4 Å². The van der Waals surface area contributed by atoms with Crippen LogP contribution in [0.4, 0.5) is 0 Å². The van der Waals surface area contributed by atoms with E-state index in [4.69, 9.17) is 0 Å². The summed E-state index contributed by atoms with van der Waals surface area (Å²) in [7, 11) is 0. The van der Waals surface area contributed by atoms with Crippen molar-refractivity contribution < 1.29 is 4.79 Å². The number of hydrogen-bond donors (Lipinski definition) is 1. The summed E-state index contributed by atoms with van der Waals surface area (Å²) in [5.41, 5.74) is 0. The van der Waals surface area contributed by atoms with Gasteiger partial charge in [-0.3, -0.25) is 4.79 Å². The summed E-state index contributed by atoms with van der Waals surface area (Å²) < 4.78 is 0. The summed E-state index contributed by atoms with van der Waals surface area (Å²) >= 11 is 0. The van der Waals surface area contributed by atoms with E-state index in [2.05, 4.69) is 19.2 Å². The van der Waals surface area contributed by atoms with Crippen molar-refractivity contribution in [3.8, 4) is 0 Å². The van der Waals surface area contributed by atoms with Gasteiger partial charge >= 0.3 is 0 Å². The third-order valence-corrected chi connectivity index (χ3v) is 3.15. The maximum atomic E-state index is 11.9. The first-order valence-corrected chi connectivity index (χ1v) is 6.26. The zero-order chi connectivity index (χ0) is 11.1. The zero-order valence-corrected chi connectivity index (χ0v) is 11.3. The molecule has 1 saturated heterocycles. The molecular weight excluding hydrogens is 224 g/mol. The topological polar surface area (TPSA) is 32.3 Å². The maximum Gasteiger partial charge on any atom is 0.222 e. The maximum absolute atomic E-state index is 11.9. The molecule has 1 aliphatic rings. The summed E-state index contributed by atoms with van der Waals surface area (Å²) in [6, 6.07) is 0. The average molecular weight is 249 g/mol. The number of piperidine rings is 1. The van der Waals surface area contributed by atoms with Crippen LogP contribution in [0.2, 0.25) is 0 Å². The Morgan fingerprint density at radius 1 is 1.31 bits per heavy atom. The van der Waals surface area contributed by atoms with Gasteiger partial charge in [0.05, 0.1) is 0 Å². The van der Waals surface area contributed by atoms with Crippen molar-refractivity contribution >= 4 is 18.3 Å². The largest absolute Gasteiger partial charge is 0.343 e. The second-order valence-electron chi connectivity index (χ2n) is 4.37. The van der Waals surface area contributed by atoms with Gasteiger partial charge in [-0.05, 0) is 45.2 Å². The Morgan fingerprint density at radius 2 is 1.94 bits per heavy atom. The van der Waals surface area contributed by atoms with Gasteiger partial charge in [0, 0.05) is 19.5 Å². The van der Waals surface area contributed by atoms with Crippen molar-refractivity contribution in [3.05, 3.63) is 0 Å². The zero-order valence-electron chi connectivity index (χ0n) is 10.5. The van der Waals surface area contributed by atoms with Crippen molar-refractivity contribution in [1.82, 2.24) is 10.2 Å². The lowest BCUT2D eigenvalue weighted by molar-refractivity contribution is -0.132. The summed E-state index contributed by atoms with van der Waals surface area (Å²) in [5.74, 6) is 0.968. The molecule has 0 aliphatic carbocycles. The second kappa shape index (κ2) is 8.82. The third-order valence-electron chi connectivity index (χ3n) is 3.15. The number of nitrogens with zero attached hydrogens (tertiary/aromatic N) is 1. The molecule has 0 radical (unpaired) electrons. The Labute approximate surface area is 105 Å². The summed E-state index contributed by atoms with van der Waals surface area (Å²) in [6.45, 7) is 8.13. The van der Waals surface area contributed by atoms with Crippen LogP contribution in [0, 0.1) is 5.92 Å². The van der Waals surface area contributed by atoms with Crippen molar-refractivity contribution in [3.63, 3.8) is 0 Å². The van der Waals surface area contributed by atoms with Crippen LogP contribution in [0.25, 0.3) is 0 Å². The highest BCUT2D eigenvalue weighted by Gasteiger charge is 2.19. The third kappa shape index (κ3) is 5.17. The molecule has 0 atom stereocenters. The lowest BCUT2D eigenvalue weighted by Crippen LogP contribution is -2.35. The van der Waals surface area contributed by atoms with E-state index in [0.717, 1.165) is 51.9 Å². The molecule has 1 amide bonds. The number of rotatable bonds is 5. The highest BCUT2D eigenvalue weighted by atomic mass is 35.5. The smallest absolute Gasteiger partial charge is 0.222 e. The predicted octanol–water partition coefficient (Wildman–Crippen LogP) is 2.06. The Kier molecular flexibility index (Phi) is 8.67. The highest BCUT2D eigenvalue weighted by Crippen LogP contribution is 2.17. The van der Waals surface area contributed by atoms with E-state index in [9.17, 15) is 4.79 Å². The summed E-state index contributed by atoms with van der Waals surface area (Å²) in [5, 5.41) is 3.33. The quantitative estimate of drug-likeness (QED) is 0.808. The van der Waals surface area contributed by atoms with E-state index >= 15 is 0 Å². The summed E-state index contributed by atoms with van der Waals surface area (Å²) in [6.07, 6.45) is 4.15. The van der Waals surface area contributed by atoms with Crippen LogP contribution >= 0.6 is 12.4 Å². The van der Waals surface area contributed by atoms with Crippen LogP contribution in [0.3, 0.4) is 0 Å². The van der Waals surface area contributed by atoms with Gasteiger partial charge in [-0.1, -0.05) is 6.92 Å². The minimum Gasteiger partial charge on any atom is -0.343 e. The number of halogens is 1. The molecule has 0 spiro atoms. The Hall–Kier alpha value is -0.280. The molecule has 0 saturated carbocycles. The van der Waals surface area contributed by atoms with E-state index in [1.165, 1.54) is 0 Å². The first-order valence-electron chi connectivity index (χ1n) is 6.26. The highest BCUT2D eigenvalue weighted by molar-refractivity contribution is 5.85. The van der Waals surface area contributed by atoms with Crippen LogP contribution in [0.1, 0.15) is 39.5 Å². The van der Waals surface area contributed by atoms with Crippen LogP contribution in [-0.2, 0) is 4.79 Å². The number of hydrogen-bond acceptors (Lipinski definition) is 2. The van der Waals surface area contributed by atoms with Gasteiger partial charge in [0.2, 0.25) is 5.91 Å². The average Bonchev–Trinajstić information content (AvgIpc) is 2.27. The second-order valence-corrected chi connectivity index (χ2v) is 4.37. The fraction of sp³-hybridized carbons (Fsp3) is 0.917. The molecule has 16 heavy (non-hydrogen) atoms. The molecule has 1 heterocycles. The molecule has 1 N–H and O–H groups in total. The van der Waals surface area contributed by atoms with Gasteiger partial charge < -0.3 is 10.2 Å². The van der Waals surface area contributed by atoms with Crippen molar-refractivity contribution in [2.24, 2.45) is 5.92 Å². The molecule has 0 unspecified atom stereocenters. The van der Waals surface area contributed by atoms with Crippen molar-refractivity contribution in [1.29, 1.82) is 0 Å². The van der Waals surface area contributed by atoms with Crippen LogP contribution in [0.15, 0.2) is 0 Å². The Balaban J connectivity index is 0.00000225. The standard InChI is InChI=1S/C12H24N2O.ClH/c1-3-9-14(4-2)12(15)10-11-5-7-13-8-6-11;/h11,13H,3-10H2,1-2H3;1H. The van der Waals surface area contributed by atoms with E-state index in [0.29, 0.717) is 11.8 Å². The fourth-order valence-corrected chi connectivity index (χ4v) is 2.19. The molecule has 96 valence electrons. The Bertz CT molecular complexity index is 193. The molecule has 0 aromatic rings. The summed E-state index contributed by atoms with van der Waals surface area (Å²) in [4.78, 5) is 13.9. The van der Waals surface area contributed by atoms with E-state index in [1.54, 1.807) is 0 Å². The SMILES string of the molecule is CCCN(CC)C(=O)CC1CCNCC1.Cl. The lowest BCUT2D eigenvalue weighted by Gasteiger charge is -2.26. The first kappa shape index (κ1) is 15.7. The van der Waals surface area contributed by atoms with Gasteiger partial charge in [-0.2, -0.15) is 0 Å². The van der Waals surface area contributed by atoms with Crippen LogP contribution in [0.5, 0.6) is 0 Å². The molecule has 1 fully saturated rings. The van der Waals surface area contributed by atoms with E-state index < -0.39 is 0 Å². The van der Waals surface area contributed by atoms with Gasteiger partial charge in [0.15, 0.2) is 0 Å². The van der Waals surface area contributed by atoms with Crippen molar-refractivity contribution in [2.75, 3.05) is 26.2 Å². The molecule has 0 aromatic heterocycles. The number of amides is 1. The Morgan fingerprint density at radius 3 is 2.44 bits per heavy atom. The van der Waals surface area contributed by atoms with E-state index in [1.807, 2.05) is 4.90 Å². The molecule has 1 rings (SSSR count). The molecule has 1 aliphatic heterocycles. The monoisotopic (exact) mass is 248 g/mol. The number of carbonyl (C=O) groups is 1. The normalized spacial score (nSPS) is 16.6. The fourth-order valence-electron chi connectivity index (χ4n) is 2.19. The molecule has 3 nitrogen and oxygen atoms in total. The first-order chi connectivity index (χ1) is 7.27. The minimum atomic E-state index is 0. The van der Waals surface area contributed by atoms with Gasteiger partial charge in [-0.25, -0.2) is 0 Å². The molecule has 4 heteroatoms. The van der Waals surface area contributed by atoms with Crippen LogP contribution in [-0.4, -0.2) is 37.0 Å². The predicted molar refractivity (Wildman–Crippen MR) is 70.0 cm³/mol. The lowest BCUT2D eigenvalue weighted by atomic mass is 9.94. The van der Waals surface area contributed by atoms with Crippen LogP contribution < -0.4 is 5.32 Å².